The number of ether oxygens (including phenoxy) is 3. The maximum atomic E-state index is 11.8. The van der Waals surface area contributed by atoms with Crippen LogP contribution in [0.1, 0.15) is 41.7 Å². The summed E-state index contributed by atoms with van der Waals surface area (Å²) in [7, 11) is 0. The molecule has 2 aromatic rings. The third-order valence-corrected chi connectivity index (χ3v) is 4.76. The van der Waals surface area contributed by atoms with Crippen LogP contribution in [0, 0.1) is 0 Å². The quantitative estimate of drug-likeness (QED) is 0.785. The van der Waals surface area contributed by atoms with Crippen LogP contribution >= 0.6 is 0 Å². The van der Waals surface area contributed by atoms with Crippen LogP contribution in [-0.4, -0.2) is 37.3 Å². The average Bonchev–Trinajstić information content (AvgIpc) is 3.17. The average molecular weight is 354 g/mol. The van der Waals surface area contributed by atoms with E-state index in [0.717, 1.165) is 42.3 Å². The maximum Gasteiger partial charge on any atom is 0.339 e. The van der Waals surface area contributed by atoms with Crippen LogP contribution in [0.15, 0.2) is 36.5 Å². The summed E-state index contributed by atoms with van der Waals surface area (Å²) < 4.78 is 16.6. The van der Waals surface area contributed by atoms with E-state index in [9.17, 15) is 4.79 Å². The molecule has 0 bridgehead atoms. The first-order valence-corrected chi connectivity index (χ1v) is 9.06. The van der Waals surface area contributed by atoms with Gasteiger partial charge in [0.1, 0.15) is 19.0 Å². The zero-order chi connectivity index (χ0) is 17.9. The Morgan fingerprint density at radius 3 is 2.96 bits per heavy atom. The Labute approximate surface area is 152 Å². The normalized spacial score (nSPS) is 18.7. The minimum Gasteiger partial charge on any atom is -0.486 e. The fourth-order valence-electron chi connectivity index (χ4n) is 3.61. The number of nitrogens with zero attached hydrogens (tertiary/aromatic N) is 2. The van der Waals surface area contributed by atoms with Crippen molar-refractivity contribution < 1.29 is 19.0 Å². The van der Waals surface area contributed by atoms with Crippen molar-refractivity contribution in [2.75, 3.05) is 31.3 Å². The van der Waals surface area contributed by atoms with Crippen LogP contribution in [0.4, 0.5) is 5.82 Å². The van der Waals surface area contributed by atoms with E-state index < -0.39 is 0 Å². The Balaban J connectivity index is 1.60. The van der Waals surface area contributed by atoms with Gasteiger partial charge in [-0.2, -0.15) is 0 Å². The number of pyridine rings is 1. The molecule has 4 rings (SSSR count). The Kier molecular flexibility index (Phi) is 4.65. The van der Waals surface area contributed by atoms with Gasteiger partial charge in [-0.05, 0) is 38.0 Å². The van der Waals surface area contributed by atoms with Gasteiger partial charge in [-0.25, -0.2) is 9.78 Å². The molecular formula is C20H22N2O4. The number of hydrogen-bond donors (Lipinski definition) is 0. The summed E-state index contributed by atoms with van der Waals surface area (Å²) in [4.78, 5) is 18.6. The summed E-state index contributed by atoms with van der Waals surface area (Å²) in [5.41, 5.74) is 1.61. The highest BCUT2D eigenvalue weighted by molar-refractivity contribution is 5.89. The lowest BCUT2D eigenvalue weighted by atomic mass is 10.0. The van der Waals surface area contributed by atoms with Gasteiger partial charge in [0, 0.05) is 18.3 Å². The second kappa shape index (κ2) is 7.23. The number of fused-ring (bicyclic) bond motifs is 1. The number of para-hydroxylation sites is 1. The van der Waals surface area contributed by atoms with Crippen molar-refractivity contribution in [3.05, 3.63) is 47.7 Å². The predicted molar refractivity (Wildman–Crippen MR) is 96.9 cm³/mol. The smallest absolute Gasteiger partial charge is 0.339 e. The Morgan fingerprint density at radius 1 is 1.27 bits per heavy atom. The van der Waals surface area contributed by atoms with Gasteiger partial charge >= 0.3 is 5.97 Å². The van der Waals surface area contributed by atoms with E-state index >= 15 is 0 Å². The first kappa shape index (κ1) is 16.7. The van der Waals surface area contributed by atoms with Crippen molar-refractivity contribution >= 4 is 11.8 Å². The van der Waals surface area contributed by atoms with Gasteiger partial charge in [-0.1, -0.05) is 12.1 Å². The minimum absolute atomic E-state index is 0.188. The molecule has 1 aromatic carbocycles. The molecule has 6 heteroatoms. The molecule has 136 valence electrons. The highest BCUT2D eigenvalue weighted by atomic mass is 16.6. The predicted octanol–water partition coefficient (Wildman–Crippen LogP) is 3.37. The summed E-state index contributed by atoms with van der Waals surface area (Å²) in [6, 6.07) is 9.91. The molecule has 1 unspecified atom stereocenters. The van der Waals surface area contributed by atoms with E-state index in [1.165, 1.54) is 0 Å². The molecule has 2 aliphatic heterocycles. The van der Waals surface area contributed by atoms with Crippen molar-refractivity contribution in [2.24, 2.45) is 0 Å². The van der Waals surface area contributed by atoms with Gasteiger partial charge in [0.25, 0.3) is 0 Å². The standard InChI is InChI=1S/C20H22N2O4/c1-2-24-20(23)14-8-9-18(21-13-14)22-10-4-6-16(22)15-5-3-7-17-19(15)26-12-11-25-17/h3,5,7-9,13,16H,2,4,6,10-12H2,1H3. The van der Waals surface area contributed by atoms with Gasteiger partial charge < -0.3 is 19.1 Å². The number of rotatable bonds is 4. The van der Waals surface area contributed by atoms with Gasteiger partial charge in [-0.3, -0.25) is 0 Å². The lowest BCUT2D eigenvalue weighted by Gasteiger charge is -2.29. The molecule has 26 heavy (non-hydrogen) atoms. The van der Waals surface area contributed by atoms with Crippen molar-refractivity contribution in [1.82, 2.24) is 4.98 Å². The van der Waals surface area contributed by atoms with Crippen LogP contribution < -0.4 is 14.4 Å². The lowest BCUT2D eigenvalue weighted by Crippen LogP contribution is -2.25. The molecule has 0 N–H and O–H groups in total. The minimum atomic E-state index is -0.341. The monoisotopic (exact) mass is 354 g/mol. The van der Waals surface area contributed by atoms with E-state index in [0.29, 0.717) is 25.4 Å². The van der Waals surface area contributed by atoms with Crippen molar-refractivity contribution in [1.29, 1.82) is 0 Å². The van der Waals surface area contributed by atoms with Crippen molar-refractivity contribution in [2.45, 2.75) is 25.8 Å². The summed E-state index contributed by atoms with van der Waals surface area (Å²) in [6.07, 6.45) is 3.69. The van der Waals surface area contributed by atoms with Crippen LogP contribution in [-0.2, 0) is 4.74 Å². The summed E-state index contributed by atoms with van der Waals surface area (Å²) >= 11 is 0. The summed E-state index contributed by atoms with van der Waals surface area (Å²) in [5, 5.41) is 0. The van der Waals surface area contributed by atoms with E-state index in [-0.39, 0.29) is 12.0 Å². The van der Waals surface area contributed by atoms with E-state index in [1.807, 2.05) is 18.2 Å². The Hall–Kier alpha value is -2.76. The molecule has 1 atom stereocenters. The summed E-state index contributed by atoms with van der Waals surface area (Å²) in [6.45, 7) is 4.22. The van der Waals surface area contributed by atoms with Crippen molar-refractivity contribution in [3.8, 4) is 11.5 Å². The van der Waals surface area contributed by atoms with Gasteiger partial charge in [0.05, 0.1) is 18.2 Å². The zero-order valence-corrected chi connectivity index (χ0v) is 14.8. The second-order valence-corrected chi connectivity index (χ2v) is 6.35. The topological polar surface area (TPSA) is 60.9 Å². The highest BCUT2D eigenvalue weighted by Gasteiger charge is 2.31. The number of aromatic nitrogens is 1. The molecule has 2 aliphatic rings. The second-order valence-electron chi connectivity index (χ2n) is 6.35. The molecule has 1 saturated heterocycles. The maximum absolute atomic E-state index is 11.8. The number of carbonyl (C=O) groups excluding carboxylic acids is 1. The molecule has 0 saturated carbocycles. The number of anilines is 1. The first-order valence-electron chi connectivity index (χ1n) is 9.06. The van der Waals surface area contributed by atoms with Crippen LogP contribution in [0.3, 0.4) is 0 Å². The molecule has 6 nitrogen and oxygen atoms in total. The molecule has 1 fully saturated rings. The van der Waals surface area contributed by atoms with Crippen LogP contribution in [0.25, 0.3) is 0 Å². The van der Waals surface area contributed by atoms with Gasteiger partial charge in [0.15, 0.2) is 11.5 Å². The fraction of sp³-hybridized carbons (Fsp3) is 0.400. The molecule has 0 amide bonds. The van der Waals surface area contributed by atoms with Gasteiger partial charge in [-0.15, -0.1) is 0 Å². The largest absolute Gasteiger partial charge is 0.486 e. The molecule has 0 aliphatic carbocycles. The molecule has 0 spiro atoms. The van der Waals surface area contributed by atoms with Gasteiger partial charge in [0.2, 0.25) is 0 Å². The third-order valence-electron chi connectivity index (χ3n) is 4.76. The van der Waals surface area contributed by atoms with E-state index in [4.69, 9.17) is 14.2 Å². The highest BCUT2D eigenvalue weighted by Crippen LogP contribution is 2.43. The Bertz CT molecular complexity index is 791. The first-order chi connectivity index (χ1) is 12.8. The van der Waals surface area contributed by atoms with E-state index in [2.05, 4.69) is 16.0 Å². The Morgan fingerprint density at radius 2 is 2.15 bits per heavy atom. The number of hydrogen-bond acceptors (Lipinski definition) is 6. The number of esters is 1. The van der Waals surface area contributed by atoms with Crippen LogP contribution in [0.5, 0.6) is 11.5 Å². The van der Waals surface area contributed by atoms with Crippen LogP contribution in [0.2, 0.25) is 0 Å². The SMILES string of the molecule is CCOC(=O)c1ccc(N2CCCC2c2cccc3c2OCCO3)nc1. The van der Waals surface area contributed by atoms with Crippen molar-refractivity contribution in [3.63, 3.8) is 0 Å². The van der Waals surface area contributed by atoms with E-state index in [1.54, 1.807) is 19.2 Å². The third kappa shape index (κ3) is 3.07. The number of benzene rings is 1. The zero-order valence-electron chi connectivity index (χ0n) is 14.8. The molecule has 1 aromatic heterocycles. The molecule has 3 heterocycles. The fourth-order valence-corrected chi connectivity index (χ4v) is 3.61. The number of carbonyl (C=O) groups is 1. The lowest BCUT2D eigenvalue weighted by molar-refractivity contribution is 0.0526. The summed E-state index contributed by atoms with van der Waals surface area (Å²) in [5.74, 6) is 2.17. The molecular weight excluding hydrogens is 332 g/mol. The molecule has 0 radical (unpaired) electrons.